The topological polar surface area (TPSA) is 53.5 Å². The minimum absolute atomic E-state index is 0.0180. The summed E-state index contributed by atoms with van der Waals surface area (Å²) in [4.78, 5) is 33.3. The molecule has 1 aromatic heterocycles. The number of benzene rings is 2. The summed E-state index contributed by atoms with van der Waals surface area (Å²) in [6.45, 7) is 2.03. The Hall–Kier alpha value is -2.92. The average molecular weight is 380 g/mol. The van der Waals surface area contributed by atoms with Gasteiger partial charge in [-0.2, -0.15) is 0 Å². The first kappa shape index (κ1) is 17.5. The number of nitrogens with zero attached hydrogens (tertiary/aromatic N) is 3. The maximum atomic E-state index is 12.8. The number of carbonyl (C=O) groups is 2. The van der Waals surface area contributed by atoms with Crippen molar-refractivity contribution in [1.29, 1.82) is 0 Å². The Morgan fingerprint density at radius 3 is 2.15 bits per heavy atom. The van der Waals surface area contributed by atoms with Gasteiger partial charge >= 0.3 is 0 Å². The Bertz CT molecular complexity index is 1010. The van der Waals surface area contributed by atoms with Crippen LogP contribution in [0.1, 0.15) is 20.7 Å². The number of rotatable bonds is 2. The van der Waals surface area contributed by atoms with Crippen LogP contribution in [0.15, 0.2) is 60.8 Å². The second-order valence-electron chi connectivity index (χ2n) is 6.51. The molecule has 0 bridgehead atoms. The van der Waals surface area contributed by atoms with Crippen LogP contribution in [-0.4, -0.2) is 52.8 Å². The largest absolute Gasteiger partial charge is 0.335 e. The molecule has 136 valence electrons. The molecule has 6 heteroatoms. The number of carbonyl (C=O) groups excluding carboxylic acids is 2. The Kier molecular flexibility index (Phi) is 4.77. The molecule has 0 atom stereocenters. The molecule has 1 aliphatic heterocycles. The van der Waals surface area contributed by atoms with Crippen LogP contribution in [0.2, 0.25) is 5.02 Å². The molecule has 1 fully saturated rings. The first-order valence-corrected chi connectivity index (χ1v) is 9.18. The Morgan fingerprint density at radius 2 is 1.48 bits per heavy atom. The fraction of sp³-hybridized carbons (Fsp3) is 0.190. The highest BCUT2D eigenvalue weighted by Gasteiger charge is 2.25. The summed E-state index contributed by atoms with van der Waals surface area (Å²) in [5.74, 6) is -0.0722. The van der Waals surface area contributed by atoms with Crippen molar-refractivity contribution in [3.63, 3.8) is 0 Å². The number of fused-ring (bicyclic) bond motifs is 1. The van der Waals surface area contributed by atoms with E-state index >= 15 is 0 Å². The number of hydrogen-bond donors (Lipinski definition) is 0. The molecular weight excluding hydrogens is 362 g/mol. The van der Waals surface area contributed by atoms with Gasteiger partial charge in [0.2, 0.25) is 0 Å². The molecule has 0 radical (unpaired) electrons. The van der Waals surface area contributed by atoms with Crippen LogP contribution in [0.3, 0.4) is 0 Å². The lowest BCUT2D eigenvalue weighted by atomic mass is 10.1. The van der Waals surface area contributed by atoms with Crippen LogP contribution >= 0.6 is 11.6 Å². The van der Waals surface area contributed by atoms with E-state index in [0.717, 1.165) is 10.9 Å². The minimum Gasteiger partial charge on any atom is -0.335 e. The molecule has 2 aromatic carbocycles. The van der Waals surface area contributed by atoms with Gasteiger partial charge in [-0.25, -0.2) is 0 Å². The summed E-state index contributed by atoms with van der Waals surface area (Å²) in [7, 11) is 0. The second-order valence-corrected chi connectivity index (χ2v) is 6.94. The third kappa shape index (κ3) is 3.64. The maximum absolute atomic E-state index is 12.8. The van der Waals surface area contributed by atoms with Crippen LogP contribution in [0.5, 0.6) is 0 Å². The van der Waals surface area contributed by atoms with Crippen LogP contribution < -0.4 is 0 Å². The molecular formula is C21H18ClN3O2. The van der Waals surface area contributed by atoms with E-state index in [-0.39, 0.29) is 11.8 Å². The van der Waals surface area contributed by atoms with Crippen molar-refractivity contribution in [1.82, 2.24) is 14.8 Å². The Labute approximate surface area is 162 Å². The molecule has 5 nitrogen and oxygen atoms in total. The summed E-state index contributed by atoms with van der Waals surface area (Å²) in [6.07, 6.45) is 1.74. The van der Waals surface area contributed by atoms with Crippen LogP contribution in [-0.2, 0) is 0 Å². The summed E-state index contributed by atoms with van der Waals surface area (Å²) in [5, 5.41) is 1.48. The summed E-state index contributed by atoms with van der Waals surface area (Å²) in [5.41, 5.74) is 2.08. The first-order chi connectivity index (χ1) is 13.1. The standard InChI is InChI=1S/C21H18ClN3O2/c22-18-5-1-3-16(14-18)20(26)24-9-11-25(12-10-24)21(27)17-6-7-19-15(13-17)4-2-8-23-19/h1-8,13-14H,9-12H2. The Balaban J connectivity index is 1.43. The minimum atomic E-state index is -0.0543. The number of halogens is 1. The van der Waals surface area contributed by atoms with Gasteiger partial charge < -0.3 is 9.80 Å². The van der Waals surface area contributed by atoms with E-state index in [1.165, 1.54) is 0 Å². The molecule has 0 saturated carbocycles. The Morgan fingerprint density at radius 1 is 0.815 bits per heavy atom. The highest BCUT2D eigenvalue weighted by molar-refractivity contribution is 6.30. The maximum Gasteiger partial charge on any atom is 0.254 e. The third-order valence-corrected chi connectivity index (χ3v) is 5.01. The van der Waals surface area contributed by atoms with E-state index in [1.807, 2.05) is 24.3 Å². The number of hydrogen-bond acceptors (Lipinski definition) is 3. The van der Waals surface area contributed by atoms with Crippen molar-refractivity contribution < 1.29 is 9.59 Å². The van der Waals surface area contributed by atoms with Gasteiger partial charge in [0.15, 0.2) is 0 Å². The zero-order valence-corrected chi connectivity index (χ0v) is 15.4. The lowest BCUT2D eigenvalue weighted by Gasteiger charge is -2.35. The number of aromatic nitrogens is 1. The van der Waals surface area contributed by atoms with Gasteiger partial charge in [-0.05, 0) is 42.5 Å². The van der Waals surface area contributed by atoms with E-state index in [9.17, 15) is 9.59 Å². The molecule has 4 rings (SSSR count). The van der Waals surface area contributed by atoms with Gasteiger partial charge in [-0.15, -0.1) is 0 Å². The number of pyridine rings is 1. The van der Waals surface area contributed by atoms with Crippen LogP contribution in [0, 0.1) is 0 Å². The van der Waals surface area contributed by atoms with Gasteiger partial charge in [0, 0.05) is 53.9 Å². The molecule has 0 N–H and O–H groups in total. The highest BCUT2D eigenvalue weighted by Crippen LogP contribution is 2.17. The van der Waals surface area contributed by atoms with Crippen molar-refractivity contribution in [2.24, 2.45) is 0 Å². The van der Waals surface area contributed by atoms with Crippen molar-refractivity contribution in [3.05, 3.63) is 76.9 Å². The molecule has 0 spiro atoms. The fourth-order valence-corrected chi connectivity index (χ4v) is 3.50. The predicted octanol–water partition coefficient (Wildman–Crippen LogP) is 3.49. The van der Waals surface area contributed by atoms with Crippen molar-refractivity contribution >= 4 is 34.3 Å². The molecule has 0 unspecified atom stereocenters. The van der Waals surface area contributed by atoms with Gasteiger partial charge in [-0.3, -0.25) is 14.6 Å². The average Bonchev–Trinajstić information content (AvgIpc) is 2.72. The van der Waals surface area contributed by atoms with Crippen molar-refractivity contribution in [2.45, 2.75) is 0 Å². The monoisotopic (exact) mass is 379 g/mol. The molecule has 2 amide bonds. The van der Waals surface area contributed by atoms with E-state index in [1.54, 1.807) is 46.3 Å². The van der Waals surface area contributed by atoms with Crippen molar-refractivity contribution in [3.8, 4) is 0 Å². The fourth-order valence-electron chi connectivity index (χ4n) is 3.31. The third-order valence-electron chi connectivity index (χ3n) is 4.78. The van der Waals surface area contributed by atoms with E-state index in [2.05, 4.69) is 4.98 Å². The van der Waals surface area contributed by atoms with Gasteiger partial charge in [0.1, 0.15) is 0 Å². The highest BCUT2D eigenvalue weighted by atomic mass is 35.5. The summed E-state index contributed by atoms with van der Waals surface area (Å²) in [6, 6.07) is 16.3. The lowest BCUT2D eigenvalue weighted by molar-refractivity contribution is 0.0535. The van der Waals surface area contributed by atoms with Gasteiger partial charge in [-0.1, -0.05) is 23.7 Å². The number of piperazine rings is 1. The van der Waals surface area contributed by atoms with E-state index in [0.29, 0.717) is 42.3 Å². The smallest absolute Gasteiger partial charge is 0.254 e. The molecule has 0 aliphatic carbocycles. The lowest BCUT2D eigenvalue weighted by Crippen LogP contribution is -2.50. The molecule has 27 heavy (non-hydrogen) atoms. The first-order valence-electron chi connectivity index (χ1n) is 8.81. The predicted molar refractivity (Wildman–Crippen MR) is 105 cm³/mol. The van der Waals surface area contributed by atoms with E-state index < -0.39 is 0 Å². The normalized spacial score (nSPS) is 14.4. The SMILES string of the molecule is O=C(c1cccc(Cl)c1)N1CCN(C(=O)c2ccc3ncccc3c2)CC1. The summed E-state index contributed by atoms with van der Waals surface area (Å²) >= 11 is 5.97. The molecule has 3 aromatic rings. The zero-order chi connectivity index (χ0) is 18.8. The molecule has 1 aliphatic rings. The number of amides is 2. The van der Waals surface area contributed by atoms with Crippen LogP contribution in [0.25, 0.3) is 10.9 Å². The van der Waals surface area contributed by atoms with Gasteiger partial charge in [0.05, 0.1) is 5.52 Å². The summed E-state index contributed by atoms with van der Waals surface area (Å²) < 4.78 is 0. The quantitative estimate of drug-likeness (QED) is 0.685. The van der Waals surface area contributed by atoms with Gasteiger partial charge in [0.25, 0.3) is 11.8 Å². The van der Waals surface area contributed by atoms with Crippen molar-refractivity contribution in [2.75, 3.05) is 26.2 Å². The molecule has 1 saturated heterocycles. The van der Waals surface area contributed by atoms with E-state index in [4.69, 9.17) is 11.6 Å². The van der Waals surface area contributed by atoms with Crippen LogP contribution in [0.4, 0.5) is 0 Å². The zero-order valence-electron chi connectivity index (χ0n) is 14.6. The molecule has 2 heterocycles. The second kappa shape index (κ2) is 7.37.